The summed E-state index contributed by atoms with van der Waals surface area (Å²) in [5, 5.41) is 9.10. The fraction of sp³-hybridized carbons (Fsp3) is 0.708. The summed E-state index contributed by atoms with van der Waals surface area (Å²) in [6.45, 7) is 10.9. The molecule has 2 aliphatic carbocycles. The molecule has 0 saturated heterocycles. The molecule has 0 bridgehead atoms. The minimum absolute atomic E-state index is 0.00711. The first-order valence-electron chi connectivity index (χ1n) is 11.6. The van der Waals surface area contributed by atoms with Crippen molar-refractivity contribution in [1.82, 2.24) is 14.5 Å². The van der Waals surface area contributed by atoms with Gasteiger partial charge in [-0.15, -0.1) is 0 Å². The predicted molar refractivity (Wildman–Crippen MR) is 120 cm³/mol. The lowest BCUT2D eigenvalue weighted by Crippen LogP contribution is -2.22. The zero-order valence-corrected chi connectivity index (χ0v) is 20.0. The van der Waals surface area contributed by atoms with E-state index in [1.807, 2.05) is 25.3 Å². The van der Waals surface area contributed by atoms with Gasteiger partial charge in [0.25, 0.3) is 0 Å². The van der Waals surface area contributed by atoms with Gasteiger partial charge >= 0.3 is 6.18 Å². The van der Waals surface area contributed by atoms with Gasteiger partial charge in [0.1, 0.15) is 17.1 Å². The van der Waals surface area contributed by atoms with Crippen LogP contribution in [-0.2, 0) is 11.0 Å². The van der Waals surface area contributed by atoms with E-state index < -0.39 is 17.5 Å². The fourth-order valence-electron chi connectivity index (χ4n) is 3.77. The van der Waals surface area contributed by atoms with Gasteiger partial charge in [0.15, 0.2) is 11.3 Å². The van der Waals surface area contributed by atoms with Crippen LogP contribution in [0.3, 0.4) is 0 Å². The third kappa shape index (κ3) is 6.53. The normalized spacial score (nSPS) is 16.6. The molecule has 0 spiro atoms. The number of hydrogen-bond acceptors (Lipinski definition) is 4. The number of carbonyl (C=O) groups excluding carboxylic acids is 1. The topological polar surface area (TPSA) is 68.0 Å². The smallest absolute Gasteiger partial charge is 0.390 e. The molecule has 2 aromatic rings. The van der Waals surface area contributed by atoms with Gasteiger partial charge in [-0.2, -0.15) is 13.2 Å². The Morgan fingerprint density at radius 2 is 1.75 bits per heavy atom. The Kier molecular flexibility index (Phi) is 8.48. The number of ketones is 1. The lowest BCUT2D eigenvalue weighted by Gasteiger charge is -2.28. The molecule has 8 heteroatoms. The lowest BCUT2D eigenvalue weighted by molar-refractivity contribution is -0.141. The number of halogens is 3. The first kappa shape index (κ1) is 26.3. The average Bonchev–Trinajstić information content (AvgIpc) is 3.45. The SMILES string of the molecule is CC.CCC(=O)CC(C)(C)O.Cc1nc2cc(C3CC3)c(C(F)(F)F)nc2n1C1CCC1. The average molecular weight is 456 g/mol. The summed E-state index contributed by atoms with van der Waals surface area (Å²) < 4.78 is 41.8. The van der Waals surface area contributed by atoms with Gasteiger partial charge in [-0.3, -0.25) is 4.79 Å². The van der Waals surface area contributed by atoms with Crippen molar-refractivity contribution >= 4 is 16.9 Å². The van der Waals surface area contributed by atoms with E-state index in [-0.39, 0.29) is 24.2 Å². The molecule has 0 aliphatic heterocycles. The number of carbonyl (C=O) groups is 1. The summed E-state index contributed by atoms with van der Waals surface area (Å²) in [7, 11) is 0. The molecule has 0 unspecified atom stereocenters. The van der Waals surface area contributed by atoms with Gasteiger partial charge in [0.2, 0.25) is 0 Å². The molecule has 2 aliphatic rings. The maximum Gasteiger partial charge on any atom is 0.433 e. The third-order valence-corrected chi connectivity index (χ3v) is 5.62. The fourth-order valence-corrected chi connectivity index (χ4v) is 3.77. The number of nitrogens with zero attached hydrogens (tertiary/aromatic N) is 3. The summed E-state index contributed by atoms with van der Waals surface area (Å²) in [6.07, 6.45) is 1.15. The maximum absolute atomic E-state index is 13.3. The van der Waals surface area contributed by atoms with Crippen LogP contribution in [0.25, 0.3) is 11.2 Å². The number of fused-ring (bicyclic) bond motifs is 1. The molecular weight excluding hydrogens is 419 g/mol. The monoisotopic (exact) mass is 455 g/mol. The van der Waals surface area contributed by atoms with E-state index in [0.29, 0.717) is 23.1 Å². The number of imidazole rings is 1. The Hall–Kier alpha value is -1.96. The highest BCUT2D eigenvalue weighted by molar-refractivity contribution is 5.78. The lowest BCUT2D eigenvalue weighted by atomic mass is 9.93. The van der Waals surface area contributed by atoms with E-state index in [1.165, 1.54) is 0 Å². The van der Waals surface area contributed by atoms with Crippen LogP contribution in [0.15, 0.2) is 6.07 Å². The second-order valence-corrected chi connectivity index (χ2v) is 9.04. The zero-order valence-electron chi connectivity index (χ0n) is 20.0. The highest BCUT2D eigenvalue weighted by Crippen LogP contribution is 2.46. The Bertz CT molecular complexity index is 921. The van der Waals surface area contributed by atoms with E-state index in [9.17, 15) is 18.0 Å². The molecule has 180 valence electrons. The summed E-state index contributed by atoms with van der Waals surface area (Å²) >= 11 is 0. The van der Waals surface area contributed by atoms with Gasteiger partial charge in [0.05, 0.1) is 5.60 Å². The zero-order chi connectivity index (χ0) is 24.3. The molecule has 2 saturated carbocycles. The van der Waals surface area contributed by atoms with Crippen LogP contribution < -0.4 is 0 Å². The molecule has 0 aromatic carbocycles. The van der Waals surface area contributed by atoms with Gasteiger partial charge in [0, 0.05) is 18.9 Å². The van der Waals surface area contributed by atoms with Crippen LogP contribution in [0.4, 0.5) is 13.2 Å². The van der Waals surface area contributed by atoms with Crippen molar-refractivity contribution in [2.24, 2.45) is 0 Å². The first-order chi connectivity index (χ1) is 14.9. The van der Waals surface area contributed by atoms with Crippen LogP contribution in [0, 0.1) is 6.92 Å². The van der Waals surface area contributed by atoms with Crippen molar-refractivity contribution in [3.8, 4) is 0 Å². The van der Waals surface area contributed by atoms with Gasteiger partial charge in [-0.25, -0.2) is 9.97 Å². The standard InChI is InChI=1S/C15H16F3N3.C7H14O2.C2H6/c1-8-19-12-7-11(9-5-6-9)13(15(16,17)18)20-14(12)21(8)10-3-2-4-10;1-4-6(8)5-7(2,3)9;1-2/h7,9-10H,2-6H2,1H3;9H,4-5H2,1-3H3;1-2H3. The molecule has 0 amide bonds. The number of aliphatic hydroxyl groups is 1. The van der Waals surface area contributed by atoms with Gasteiger partial charge in [-0.05, 0) is 70.4 Å². The van der Waals surface area contributed by atoms with Crippen LogP contribution in [0.2, 0.25) is 0 Å². The van der Waals surface area contributed by atoms with Crippen molar-refractivity contribution < 1.29 is 23.1 Å². The summed E-state index contributed by atoms with van der Waals surface area (Å²) in [6, 6.07) is 1.88. The Labute approximate surface area is 188 Å². The molecule has 2 fully saturated rings. The van der Waals surface area contributed by atoms with Crippen molar-refractivity contribution in [3.63, 3.8) is 0 Å². The molecule has 5 nitrogen and oxygen atoms in total. The molecule has 4 rings (SSSR count). The first-order valence-corrected chi connectivity index (χ1v) is 11.6. The van der Waals surface area contributed by atoms with E-state index in [4.69, 9.17) is 5.11 Å². The highest BCUT2D eigenvalue weighted by atomic mass is 19.4. The van der Waals surface area contributed by atoms with Crippen LogP contribution >= 0.6 is 0 Å². The van der Waals surface area contributed by atoms with E-state index in [1.54, 1.807) is 26.8 Å². The molecule has 32 heavy (non-hydrogen) atoms. The Morgan fingerprint density at radius 1 is 1.16 bits per heavy atom. The van der Waals surface area contributed by atoms with Crippen LogP contribution in [0.5, 0.6) is 0 Å². The number of Topliss-reactive ketones (excluding diaryl/α,β-unsaturated/α-hetero) is 1. The second kappa shape index (κ2) is 10.3. The Balaban J connectivity index is 0.000000282. The number of rotatable bonds is 5. The van der Waals surface area contributed by atoms with E-state index in [0.717, 1.165) is 37.9 Å². The van der Waals surface area contributed by atoms with Gasteiger partial charge in [-0.1, -0.05) is 20.8 Å². The van der Waals surface area contributed by atoms with Crippen molar-refractivity contribution in [2.45, 2.75) is 110 Å². The van der Waals surface area contributed by atoms with Crippen molar-refractivity contribution in [1.29, 1.82) is 0 Å². The quantitative estimate of drug-likeness (QED) is 0.558. The van der Waals surface area contributed by atoms with Crippen LogP contribution in [-0.4, -0.2) is 31.0 Å². The van der Waals surface area contributed by atoms with Crippen LogP contribution in [0.1, 0.15) is 109 Å². The summed E-state index contributed by atoms with van der Waals surface area (Å²) in [5.74, 6) is 0.887. The summed E-state index contributed by atoms with van der Waals surface area (Å²) in [4.78, 5) is 19.1. The second-order valence-electron chi connectivity index (χ2n) is 9.04. The maximum atomic E-state index is 13.3. The van der Waals surface area contributed by atoms with Crippen molar-refractivity contribution in [2.75, 3.05) is 0 Å². The van der Waals surface area contributed by atoms with Crippen molar-refractivity contribution in [3.05, 3.63) is 23.1 Å². The van der Waals surface area contributed by atoms with E-state index >= 15 is 0 Å². The molecule has 2 aromatic heterocycles. The minimum Gasteiger partial charge on any atom is -0.390 e. The molecular formula is C24H36F3N3O2. The molecule has 0 radical (unpaired) electrons. The number of pyridine rings is 1. The van der Waals surface area contributed by atoms with Gasteiger partial charge < -0.3 is 9.67 Å². The number of alkyl halides is 3. The molecule has 1 N–H and O–H groups in total. The Morgan fingerprint density at radius 3 is 2.12 bits per heavy atom. The van der Waals surface area contributed by atoms with E-state index in [2.05, 4.69) is 9.97 Å². The molecule has 2 heterocycles. The third-order valence-electron chi connectivity index (χ3n) is 5.62. The summed E-state index contributed by atoms with van der Waals surface area (Å²) in [5.41, 5.74) is -0.206. The number of aromatic nitrogens is 3. The molecule has 0 atom stereocenters. The number of aryl methyl sites for hydroxylation is 1. The minimum atomic E-state index is -4.39. The number of hydrogen-bond donors (Lipinski definition) is 1. The predicted octanol–water partition coefficient (Wildman–Crippen LogP) is 6.51. The largest absolute Gasteiger partial charge is 0.433 e. The highest BCUT2D eigenvalue weighted by Gasteiger charge is 2.41.